The third-order valence-electron chi connectivity index (χ3n) is 4.37. The van der Waals surface area contributed by atoms with E-state index in [0.29, 0.717) is 11.3 Å². The predicted molar refractivity (Wildman–Crippen MR) is 76.4 cm³/mol. The van der Waals surface area contributed by atoms with Gasteiger partial charge in [0.25, 0.3) is 0 Å². The normalized spacial score (nSPS) is 13.9. The fourth-order valence-corrected chi connectivity index (χ4v) is 2.36. The molecule has 0 bridgehead atoms. The number of hydrogen-bond acceptors (Lipinski definition) is 0. The Morgan fingerprint density at radius 2 is 1.65 bits per heavy atom. The van der Waals surface area contributed by atoms with Crippen molar-refractivity contribution in [2.75, 3.05) is 0 Å². The van der Waals surface area contributed by atoms with E-state index in [1.54, 1.807) is 0 Å². The van der Waals surface area contributed by atoms with Crippen LogP contribution in [0.3, 0.4) is 0 Å². The summed E-state index contributed by atoms with van der Waals surface area (Å²) in [6.07, 6.45) is 1.21. The van der Waals surface area contributed by atoms with Gasteiger partial charge >= 0.3 is 0 Å². The van der Waals surface area contributed by atoms with Crippen molar-refractivity contribution >= 4 is 10.8 Å². The van der Waals surface area contributed by atoms with Gasteiger partial charge in [0, 0.05) is 0 Å². The Balaban J connectivity index is 2.56. The molecule has 1 atom stereocenters. The molecule has 2 aromatic rings. The highest BCUT2D eigenvalue weighted by atomic mass is 14.3. The Morgan fingerprint density at radius 3 is 2.35 bits per heavy atom. The van der Waals surface area contributed by atoms with Crippen LogP contribution in [0.25, 0.3) is 10.8 Å². The van der Waals surface area contributed by atoms with E-state index in [1.165, 1.54) is 22.8 Å². The van der Waals surface area contributed by atoms with E-state index in [1.807, 2.05) is 0 Å². The SMILES string of the molecule is CCC(C)(C)C(C)c1cccc2ccccc12. The van der Waals surface area contributed by atoms with Crippen molar-refractivity contribution in [2.45, 2.75) is 40.0 Å². The first kappa shape index (κ1) is 12.2. The van der Waals surface area contributed by atoms with Crippen molar-refractivity contribution in [3.8, 4) is 0 Å². The fourth-order valence-electron chi connectivity index (χ4n) is 2.36. The first-order chi connectivity index (χ1) is 8.06. The second kappa shape index (κ2) is 4.52. The van der Waals surface area contributed by atoms with Crippen molar-refractivity contribution in [3.05, 3.63) is 48.0 Å². The molecule has 0 aliphatic rings. The van der Waals surface area contributed by atoms with Gasteiger partial charge in [0.15, 0.2) is 0 Å². The second-order valence-corrected chi connectivity index (χ2v) is 5.63. The molecule has 0 aliphatic carbocycles. The molecule has 2 aromatic carbocycles. The lowest BCUT2D eigenvalue weighted by molar-refractivity contribution is 0.290. The first-order valence-corrected chi connectivity index (χ1v) is 6.54. The van der Waals surface area contributed by atoms with Gasteiger partial charge in [-0.15, -0.1) is 0 Å². The first-order valence-electron chi connectivity index (χ1n) is 6.54. The van der Waals surface area contributed by atoms with Crippen LogP contribution in [0.2, 0.25) is 0 Å². The molecule has 0 heteroatoms. The van der Waals surface area contributed by atoms with Crippen LogP contribution in [0, 0.1) is 5.41 Å². The van der Waals surface area contributed by atoms with Crippen molar-refractivity contribution in [2.24, 2.45) is 5.41 Å². The fraction of sp³-hybridized carbons (Fsp3) is 0.412. The minimum absolute atomic E-state index is 0.351. The molecule has 0 spiro atoms. The van der Waals surface area contributed by atoms with Crippen LogP contribution in [-0.2, 0) is 0 Å². The summed E-state index contributed by atoms with van der Waals surface area (Å²) in [4.78, 5) is 0. The molecule has 0 N–H and O–H groups in total. The van der Waals surface area contributed by atoms with Crippen molar-refractivity contribution in [1.29, 1.82) is 0 Å². The maximum atomic E-state index is 2.36. The van der Waals surface area contributed by atoms with Crippen molar-refractivity contribution < 1.29 is 0 Å². The van der Waals surface area contributed by atoms with Crippen LogP contribution in [0.15, 0.2) is 42.5 Å². The lowest BCUT2D eigenvalue weighted by Crippen LogP contribution is -2.18. The zero-order valence-corrected chi connectivity index (χ0v) is 11.3. The van der Waals surface area contributed by atoms with Crippen LogP contribution in [0.4, 0.5) is 0 Å². The number of rotatable bonds is 3. The van der Waals surface area contributed by atoms with E-state index in [9.17, 15) is 0 Å². The Hall–Kier alpha value is -1.30. The summed E-state index contributed by atoms with van der Waals surface area (Å²) in [6.45, 7) is 9.35. The average molecular weight is 226 g/mol. The Labute approximate surface area is 105 Å². The number of hydrogen-bond donors (Lipinski definition) is 0. The van der Waals surface area contributed by atoms with Crippen LogP contribution >= 0.6 is 0 Å². The zero-order chi connectivity index (χ0) is 12.5. The number of benzene rings is 2. The van der Waals surface area contributed by atoms with Crippen LogP contribution < -0.4 is 0 Å². The monoisotopic (exact) mass is 226 g/mol. The molecule has 0 heterocycles. The van der Waals surface area contributed by atoms with E-state index in [4.69, 9.17) is 0 Å². The molecule has 1 unspecified atom stereocenters. The highest BCUT2D eigenvalue weighted by molar-refractivity contribution is 5.86. The highest BCUT2D eigenvalue weighted by Gasteiger charge is 2.25. The molecule has 0 aromatic heterocycles. The third kappa shape index (κ3) is 2.22. The third-order valence-corrected chi connectivity index (χ3v) is 4.37. The topological polar surface area (TPSA) is 0 Å². The van der Waals surface area contributed by atoms with Gasteiger partial charge in [-0.2, -0.15) is 0 Å². The summed E-state index contributed by atoms with van der Waals surface area (Å²) in [6, 6.07) is 15.4. The van der Waals surface area contributed by atoms with E-state index in [-0.39, 0.29) is 0 Å². The Morgan fingerprint density at radius 1 is 1.00 bits per heavy atom. The van der Waals surface area contributed by atoms with Gasteiger partial charge < -0.3 is 0 Å². The highest BCUT2D eigenvalue weighted by Crippen LogP contribution is 2.40. The second-order valence-electron chi connectivity index (χ2n) is 5.63. The summed E-state index contributed by atoms with van der Waals surface area (Å²) in [7, 11) is 0. The number of fused-ring (bicyclic) bond motifs is 1. The lowest BCUT2D eigenvalue weighted by atomic mass is 9.73. The quantitative estimate of drug-likeness (QED) is 0.659. The smallest absolute Gasteiger partial charge is 0.0133 e. The molecule has 0 saturated heterocycles. The standard InChI is InChI=1S/C17H22/c1-5-17(3,4)13(2)15-12-8-10-14-9-6-7-11-16(14)15/h6-13H,5H2,1-4H3. The molecule has 17 heavy (non-hydrogen) atoms. The molecule has 90 valence electrons. The summed E-state index contributed by atoms with van der Waals surface area (Å²) >= 11 is 0. The van der Waals surface area contributed by atoms with Crippen molar-refractivity contribution in [1.82, 2.24) is 0 Å². The molecule has 0 fully saturated rings. The molecular weight excluding hydrogens is 204 g/mol. The molecule has 0 radical (unpaired) electrons. The zero-order valence-electron chi connectivity index (χ0n) is 11.3. The maximum absolute atomic E-state index is 2.36. The minimum Gasteiger partial charge on any atom is -0.0649 e. The summed E-state index contributed by atoms with van der Waals surface area (Å²) < 4.78 is 0. The molecule has 0 nitrogen and oxygen atoms in total. The van der Waals surface area contributed by atoms with E-state index in [2.05, 4.69) is 70.2 Å². The summed E-state index contributed by atoms with van der Waals surface area (Å²) in [5, 5.41) is 2.76. The largest absolute Gasteiger partial charge is 0.0649 e. The van der Waals surface area contributed by atoms with Gasteiger partial charge in [-0.05, 0) is 27.7 Å². The maximum Gasteiger partial charge on any atom is -0.0133 e. The molecule has 2 rings (SSSR count). The molecule has 0 aliphatic heterocycles. The predicted octanol–water partition coefficient (Wildman–Crippen LogP) is 5.38. The Kier molecular flexibility index (Phi) is 3.24. The molecule has 0 amide bonds. The van der Waals surface area contributed by atoms with Crippen LogP contribution in [-0.4, -0.2) is 0 Å². The van der Waals surface area contributed by atoms with Crippen LogP contribution in [0.5, 0.6) is 0 Å². The van der Waals surface area contributed by atoms with Gasteiger partial charge in [-0.3, -0.25) is 0 Å². The van der Waals surface area contributed by atoms with Crippen LogP contribution in [0.1, 0.15) is 45.6 Å². The van der Waals surface area contributed by atoms with Gasteiger partial charge in [0.2, 0.25) is 0 Å². The summed E-state index contributed by atoms with van der Waals surface area (Å²) in [5.74, 6) is 0.582. The molecular formula is C17H22. The van der Waals surface area contributed by atoms with Gasteiger partial charge in [-0.1, -0.05) is 76.6 Å². The van der Waals surface area contributed by atoms with E-state index in [0.717, 1.165) is 0 Å². The minimum atomic E-state index is 0.351. The van der Waals surface area contributed by atoms with Gasteiger partial charge in [0.1, 0.15) is 0 Å². The van der Waals surface area contributed by atoms with E-state index >= 15 is 0 Å². The van der Waals surface area contributed by atoms with Crippen molar-refractivity contribution in [3.63, 3.8) is 0 Å². The Bertz CT molecular complexity index is 503. The van der Waals surface area contributed by atoms with E-state index < -0.39 is 0 Å². The van der Waals surface area contributed by atoms with Gasteiger partial charge in [0.05, 0.1) is 0 Å². The van der Waals surface area contributed by atoms with Gasteiger partial charge in [-0.25, -0.2) is 0 Å². The lowest BCUT2D eigenvalue weighted by Gasteiger charge is -2.31. The average Bonchev–Trinajstić information content (AvgIpc) is 2.37. The summed E-state index contributed by atoms with van der Waals surface area (Å²) in [5.41, 5.74) is 1.83. The molecule has 0 saturated carbocycles.